The first kappa shape index (κ1) is 15.5. The molecular formula is C16H29N3O. The predicted octanol–water partition coefficient (Wildman–Crippen LogP) is 3.20. The van der Waals surface area contributed by atoms with Crippen LogP contribution >= 0.6 is 0 Å². The van der Waals surface area contributed by atoms with Crippen LogP contribution in [-0.4, -0.2) is 26.0 Å². The van der Waals surface area contributed by atoms with Crippen LogP contribution in [0, 0.1) is 11.8 Å². The summed E-state index contributed by atoms with van der Waals surface area (Å²) < 4.78 is 1.96. The average molecular weight is 279 g/mol. The first-order valence-electron chi connectivity index (χ1n) is 8.21. The molecule has 114 valence electrons. The van der Waals surface area contributed by atoms with Gasteiger partial charge in [-0.15, -0.1) is 0 Å². The third-order valence-corrected chi connectivity index (χ3v) is 4.32. The zero-order chi connectivity index (χ0) is 14.4. The number of aliphatic hydroxyl groups is 1. The van der Waals surface area contributed by atoms with E-state index < -0.39 is 0 Å². The molecule has 1 unspecified atom stereocenters. The molecule has 0 bridgehead atoms. The lowest BCUT2D eigenvalue weighted by Crippen LogP contribution is -2.26. The van der Waals surface area contributed by atoms with Gasteiger partial charge in [0.2, 0.25) is 0 Å². The molecular weight excluding hydrogens is 250 g/mol. The Labute approximate surface area is 122 Å². The Kier molecular flexibility index (Phi) is 6.02. The van der Waals surface area contributed by atoms with Crippen LogP contribution in [0.5, 0.6) is 0 Å². The molecule has 0 radical (unpaired) electrons. The molecule has 0 aromatic carbocycles. The van der Waals surface area contributed by atoms with Gasteiger partial charge in [0.05, 0.1) is 6.10 Å². The maximum Gasteiger partial charge on any atom is 0.138 e. The van der Waals surface area contributed by atoms with E-state index in [0.717, 1.165) is 12.4 Å². The van der Waals surface area contributed by atoms with Crippen molar-refractivity contribution in [3.8, 4) is 0 Å². The summed E-state index contributed by atoms with van der Waals surface area (Å²) in [4.78, 5) is 4.34. The van der Waals surface area contributed by atoms with Crippen LogP contribution < -0.4 is 0 Å². The van der Waals surface area contributed by atoms with E-state index in [1.165, 1.54) is 44.9 Å². The van der Waals surface area contributed by atoms with Gasteiger partial charge in [-0.3, -0.25) is 0 Å². The van der Waals surface area contributed by atoms with Crippen molar-refractivity contribution in [2.45, 2.75) is 77.9 Å². The second-order valence-electron chi connectivity index (χ2n) is 6.63. The van der Waals surface area contributed by atoms with E-state index in [1.807, 2.05) is 4.68 Å². The highest BCUT2D eigenvalue weighted by Gasteiger charge is 2.22. The van der Waals surface area contributed by atoms with Gasteiger partial charge >= 0.3 is 0 Å². The molecule has 1 aliphatic carbocycles. The van der Waals surface area contributed by atoms with E-state index in [2.05, 4.69) is 23.9 Å². The molecule has 1 N–H and O–H groups in total. The Morgan fingerprint density at radius 1 is 1.20 bits per heavy atom. The molecule has 1 aromatic rings. The minimum atomic E-state index is -0.261. The van der Waals surface area contributed by atoms with Crippen molar-refractivity contribution in [2.75, 3.05) is 0 Å². The zero-order valence-electron chi connectivity index (χ0n) is 13.0. The fourth-order valence-corrected chi connectivity index (χ4v) is 3.17. The third kappa shape index (κ3) is 4.58. The van der Waals surface area contributed by atoms with Crippen molar-refractivity contribution >= 4 is 0 Å². The van der Waals surface area contributed by atoms with Crippen LogP contribution in [0.25, 0.3) is 0 Å². The number of nitrogens with zero attached hydrogens (tertiary/aromatic N) is 3. The molecule has 0 amide bonds. The SMILES string of the molecule is CC(C)Cn1ncnc1CC(O)C1CCCCCCC1. The standard InChI is InChI=1S/C16H29N3O/c1-13(2)11-19-16(17-12-18-19)10-15(20)14-8-6-4-3-5-7-9-14/h12-15,20H,3-11H2,1-2H3. The van der Waals surface area contributed by atoms with E-state index in [4.69, 9.17) is 0 Å². The highest BCUT2D eigenvalue weighted by atomic mass is 16.3. The fourth-order valence-electron chi connectivity index (χ4n) is 3.17. The molecule has 0 spiro atoms. The Bertz CT molecular complexity index is 381. The second kappa shape index (κ2) is 7.77. The van der Waals surface area contributed by atoms with Crippen molar-refractivity contribution in [1.29, 1.82) is 0 Å². The molecule has 0 aliphatic heterocycles. The Balaban J connectivity index is 1.92. The van der Waals surface area contributed by atoms with E-state index in [1.54, 1.807) is 6.33 Å². The molecule has 0 saturated heterocycles. The Morgan fingerprint density at radius 3 is 2.50 bits per heavy atom. The van der Waals surface area contributed by atoms with Crippen molar-refractivity contribution in [3.05, 3.63) is 12.2 Å². The summed E-state index contributed by atoms with van der Waals surface area (Å²) in [5, 5.41) is 14.8. The van der Waals surface area contributed by atoms with Gasteiger partial charge in [0, 0.05) is 13.0 Å². The number of aromatic nitrogens is 3. The maximum absolute atomic E-state index is 10.5. The molecule has 2 rings (SSSR count). The summed E-state index contributed by atoms with van der Waals surface area (Å²) in [6.45, 7) is 5.24. The van der Waals surface area contributed by atoms with Gasteiger partial charge in [-0.25, -0.2) is 9.67 Å². The number of aliphatic hydroxyl groups excluding tert-OH is 1. The summed E-state index contributed by atoms with van der Waals surface area (Å²) in [5.41, 5.74) is 0. The molecule has 1 aliphatic rings. The highest BCUT2D eigenvalue weighted by molar-refractivity contribution is 4.90. The lowest BCUT2D eigenvalue weighted by atomic mass is 9.86. The smallest absolute Gasteiger partial charge is 0.138 e. The first-order valence-corrected chi connectivity index (χ1v) is 8.21. The van der Waals surface area contributed by atoms with Crippen LogP contribution in [0.2, 0.25) is 0 Å². The quantitative estimate of drug-likeness (QED) is 0.900. The number of rotatable bonds is 5. The summed E-state index contributed by atoms with van der Waals surface area (Å²) in [7, 11) is 0. The van der Waals surface area contributed by atoms with Gasteiger partial charge in [0.1, 0.15) is 12.2 Å². The molecule has 4 heteroatoms. The summed E-state index contributed by atoms with van der Waals surface area (Å²) in [5.74, 6) is 1.93. The second-order valence-corrected chi connectivity index (χ2v) is 6.63. The number of hydrogen-bond acceptors (Lipinski definition) is 3. The fraction of sp³-hybridized carbons (Fsp3) is 0.875. The van der Waals surface area contributed by atoms with Crippen LogP contribution in [-0.2, 0) is 13.0 Å². The summed E-state index contributed by atoms with van der Waals surface area (Å²) in [6, 6.07) is 0. The Morgan fingerprint density at radius 2 is 1.85 bits per heavy atom. The monoisotopic (exact) mass is 279 g/mol. The predicted molar refractivity (Wildman–Crippen MR) is 80.4 cm³/mol. The molecule has 1 fully saturated rings. The van der Waals surface area contributed by atoms with Crippen LogP contribution in [0.3, 0.4) is 0 Å². The first-order chi connectivity index (χ1) is 9.66. The lowest BCUT2D eigenvalue weighted by Gasteiger charge is -2.24. The van der Waals surface area contributed by atoms with Gasteiger partial charge in [-0.2, -0.15) is 5.10 Å². The van der Waals surface area contributed by atoms with Gasteiger partial charge in [-0.1, -0.05) is 46.0 Å². The van der Waals surface area contributed by atoms with Crippen molar-refractivity contribution < 1.29 is 5.11 Å². The average Bonchev–Trinajstić information content (AvgIpc) is 2.75. The molecule has 1 atom stereocenters. The number of hydrogen-bond donors (Lipinski definition) is 1. The van der Waals surface area contributed by atoms with Crippen LogP contribution in [0.4, 0.5) is 0 Å². The van der Waals surface area contributed by atoms with Crippen LogP contribution in [0.1, 0.15) is 64.6 Å². The molecule has 1 saturated carbocycles. The van der Waals surface area contributed by atoms with Gasteiger partial charge in [0.15, 0.2) is 0 Å². The lowest BCUT2D eigenvalue weighted by molar-refractivity contribution is 0.0882. The van der Waals surface area contributed by atoms with Gasteiger partial charge in [0.25, 0.3) is 0 Å². The Hall–Kier alpha value is -0.900. The van der Waals surface area contributed by atoms with E-state index >= 15 is 0 Å². The highest BCUT2D eigenvalue weighted by Crippen LogP contribution is 2.26. The third-order valence-electron chi connectivity index (χ3n) is 4.32. The largest absolute Gasteiger partial charge is 0.392 e. The van der Waals surface area contributed by atoms with Crippen LogP contribution in [0.15, 0.2) is 6.33 Å². The van der Waals surface area contributed by atoms with Crippen molar-refractivity contribution in [2.24, 2.45) is 11.8 Å². The summed E-state index contributed by atoms with van der Waals surface area (Å²) in [6.07, 6.45) is 10.9. The van der Waals surface area contributed by atoms with E-state index in [-0.39, 0.29) is 6.10 Å². The van der Waals surface area contributed by atoms with E-state index in [9.17, 15) is 5.11 Å². The molecule has 1 aromatic heterocycles. The summed E-state index contributed by atoms with van der Waals surface area (Å²) >= 11 is 0. The van der Waals surface area contributed by atoms with E-state index in [0.29, 0.717) is 18.3 Å². The topological polar surface area (TPSA) is 50.9 Å². The normalized spacial score (nSPS) is 19.8. The minimum Gasteiger partial charge on any atom is -0.392 e. The molecule has 1 heterocycles. The molecule has 20 heavy (non-hydrogen) atoms. The zero-order valence-corrected chi connectivity index (χ0v) is 13.0. The van der Waals surface area contributed by atoms with Gasteiger partial charge in [-0.05, 0) is 24.7 Å². The van der Waals surface area contributed by atoms with Crippen molar-refractivity contribution in [3.63, 3.8) is 0 Å². The maximum atomic E-state index is 10.5. The van der Waals surface area contributed by atoms with Gasteiger partial charge < -0.3 is 5.11 Å². The molecule has 4 nitrogen and oxygen atoms in total. The van der Waals surface area contributed by atoms with Crippen molar-refractivity contribution in [1.82, 2.24) is 14.8 Å². The minimum absolute atomic E-state index is 0.261.